The molecule has 6 nitrogen and oxygen atoms in total. The summed E-state index contributed by atoms with van der Waals surface area (Å²) in [4.78, 5) is 18.2. The van der Waals surface area contributed by atoms with E-state index >= 15 is 0 Å². The second kappa shape index (κ2) is 8.22. The number of hydrogen-bond donors (Lipinski definition) is 2. The monoisotopic (exact) mass is 298 g/mol. The van der Waals surface area contributed by atoms with Gasteiger partial charge in [0, 0.05) is 39.2 Å². The highest BCUT2D eigenvalue weighted by Gasteiger charge is 2.26. The molecule has 1 saturated heterocycles. The molecule has 21 heavy (non-hydrogen) atoms. The summed E-state index contributed by atoms with van der Waals surface area (Å²) < 4.78 is 5.38. The number of nitrogens with one attached hydrogen (secondary N) is 2. The van der Waals surface area contributed by atoms with Crippen LogP contribution in [0.1, 0.15) is 40.5 Å². The lowest BCUT2D eigenvalue weighted by atomic mass is 10.1. The molecule has 0 aromatic carbocycles. The summed E-state index contributed by atoms with van der Waals surface area (Å²) in [5.74, 6) is 1.01. The second-order valence-electron chi connectivity index (χ2n) is 5.98. The van der Waals surface area contributed by atoms with Gasteiger partial charge in [0.2, 0.25) is 5.91 Å². The Balaban J connectivity index is 2.55. The SMILES string of the molecule is CCNC(=NCC(C)(C)OC)NC1CCN(C(=O)CC)C1. The Morgan fingerprint density at radius 1 is 1.43 bits per heavy atom. The Kier molecular flexibility index (Phi) is 6.95. The van der Waals surface area contributed by atoms with E-state index in [1.807, 2.05) is 32.6 Å². The van der Waals surface area contributed by atoms with Gasteiger partial charge in [0.05, 0.1) is 12.1 Å². The Morgan fingerprint density at radius 3 is 2.71 bits per heavy atom. The van der Waals surface area contributed by atoms with E-state index in [1.54, 1.807) is 7.11 Å². The van der Waals surface area contributed by atoms with Gasteiger partial charge in [-0.2, -0.15) is 0 Å². The van der Waals surface area contributed by atoms with Crippen molar-refractivity contribution in [2.75, 3.05) is 33.3 Å². The van der Waals surface area contributed by atoms with Crippen LogP contribution in [-0.2, 0) is 9.53 Å². The van der Waals surface area contributed by atoms with Crippen LogP contribution in [0.25, 0.3) is 0 Å². The van der Waals surface area contributed by atoms with Crippen molar-refractivity contribution in [2.45, 2.75) is 52.2 Å². The summed E-state index contributed by atoms with van der Waals surface area (Å²) in [5, 5.41) is 6.66. The molecule has 1 rings (SSSR count). The van der Waals surface area contributed by atoms with Crippen LogP contribution in [0.2, 0.25) is 0 Å². The van der Waals surface area contributed by atoms with Gasteiger partial charge in [-0.15, -0.1) is 0 Å². The topological polar surface area (TPSA) is 66.0 Å². The number of hydrogen-bond acceptors (Lipinski definition) is 3. The number of nitrogens with zero attached hydrogens (tertiary/aromatic N) is 2. The van der Waals surface area contributed by atoms with E-state index in [0.29, 0.717) is 13.0 Å². The first-order chi connectivity index (χ1) is 9.91. The van der Waals surface area contributed by atoms with Crippen molar-refractivity contribution in [1.29, 1.82) is 0 Å². The van der Waals surface area contributed by atoms with Crippen LogP contribution in [0.4, 0.5) is 0 Å². The highest BCUT2D eigenvalue weighted by molar-refractivity contribution is 5.80. The molecule has 1 atom stereocenters. The standard InChI is InChI=1S/C15H30N4O2/c1-6-13(20)19-9-8-12(10-19)18-14(16-7-2)17-11-15(3,4)21-5/h12H,6-11H2,1-5H3,(H2,16,17,18). The van der Waals surface area contributed by atoms with Crippen LogP contribution in [0.5, 0.6) is 0 Å². The first-order valence-electron chi connectivity index (χ1n) is 7.79. The van der Waals surface area contributed by atoms with Gasteiger partial charge in [0.1, 0.15) is 0 Å². The largest absolute Gasteiger partial charge is 0.377 e. The minimum atomic E-state index is -0.276. The molecule has 6 heteroatoms. The fourth-order valence-electron chi connectivity index (χ4n) is 2.18. The van der Waals surface area contributed by atoms with Gasteiger partial charge in [-0.05, 0) is 27.2 Å². The molecule has 1 unspecified atom stereocenters. The third kappa shape index (κ3) is 5.91. The quantitative estimate of drug-likeness (QED) is 0.567. The Morgan fingerprint density at radius 2 is 2.14 bits per heavy atom. The van der Waals surface area contributed by atoms with Crippen molar-refractivity contribution in [2.24, 2.45) is 4.99 Å². The molecular weight excluding hydrogens is 268 g/mol. The number of guanidine groups is 1. The zero-order valence-electron chi connectivity index (χ0n) is 14.0. The summed E-state index contributed by atoms with van der Waals surface area (Å²) in [7, 11) is 1.70. The van der Waals surface area contributed by atoms with Crippen molar-refractivity contribution in [1.82, 2.24) is 15.5 Å². The Hall–Kier alpha value is -1.30. The average molecular weight is 298 g/mol. The highest BCUT2D eigenvalue weighted by atomic mass is 16.5. The molecule has 0 spiro atoms. The Labute approximate surface area is 128 Å². The highest BCUT2D eigenvalue weighted by Crippen LogP contribution is 2.11. The number of methoxy groups -OCH3 is 1. The van der Waals surface area contributed by atoms with Crippen molar-refractivity contribution in [3.8, 4) is 0 Å². The van der Waals surface area contributed by atoms with E-state index in [-0.39, 0.29) is 17.6 Å². The molecule has 0 radical (unpaired) electrons. The fourth-order valence-corrected chi connectivity index (χ4v) is 2.18. The minimum Gasteiger partial charge on any atom is -0.377 e. The number of rotatable bonds is 6. The van der Waals surface area contributed by atoms with E-state index in [1.165, 1.54) is 0 Å². The maximum absolute atomic E-state index is 11.7. The number of carbonyl (C=O) groups excluding carboxylic acids is 1. The van der Waals surface area contributed by atoms with Crippen LogP contribution in [0, 0.1) is 0 Å². The maximum Gasteiger partial charge on any atom is 0.222 e. The molecule has 0 saturated carbocycles. The molecule has 1 aliphatic heterocycles. The first-order valence-corrected chi connectivity index (χ1v) is 7.79. The molecule has 1 aliphatic rings. The number of aliphatic imine (C=N–C) groups is 1. The van der Waals surface area contributed by atoms with Crippen molar-refractivity contribution in [3.63, 3.8) is 0 Å². The number of amides is 1. The third-order valence-electron chi connectivity index (χ3n) is 3.70. The molecule has 0 bridgehead atoms. The molecule has 1 amide bonds. The molecular formula is C15H30N4O2. The van der Waals surface area contributed by atoms with Crippen LogP contribution in [0.3, 0.4) is 0 Å². The lowest BCUT2D eigenvalue weighted by Crippen LogP contribution is -2.45. The molecule has 0 aromatic heterocycles. The summed E-state index contributed by atoms with van der Waals surface area (Å²) >= 11 is 0. The van der Waals surface area contributed by atoms with Crippen LogP contribution in [0.15, 0.2) is 4.99 Å². The third-order valence-corrected chi connectivity index (χ3v) is 3.70. The van der Waals surface area contributed by atoms with Gasteiger partial charge >= 0.3 is 0 Å². The number of carbonyl (C=O) groups is 1. The summed E-state index contributed by atoms with van der Waals surface area (Å²) in [5.41, 5.74) is -0.276. The second-order valence-corrected chi connectivity index (χ2v) is 5.98. The lowest BCUT2D eigenvalue weighted by Gasteiger charge is -2.22. The van der Waals surface area contributed by atoms with Crippen molar-refractivity contribution in [3.05, 3.63) is 0 Å². The fraction of sp³-hybridized carbons (Fsp3) is 0.867. The first kappa shape index (κ1) is 17.8. The minimum absolute atomic E-state index is 0.224. The molecule has 2 N–H and O–H groups in total. The number of ether oxygens (including phenoxy) is 1. The van der Waals surface area contributed by atoms with E-state index in [9.17, 15) is 4.79 Å². The van der Waals surface area contributed by atoms with Gasteiger partial charge in [-0.1, -0.05) is 6.92 Å². The smallest absolute Gasteiger partial charge is 0.222 e. The zero-order chi connectivity index (χ0) is 15.9. The van der Waals surface area contributed by atoms with Crippen molar-refractivity contribution >= 4 is 11.9 Å². The predicted molar refractivity (Wildman–Crippen MR) is 85.5 cm³/mol. The van der Waals surface area contributed by atoms with E-state index in [0.717, 1.165) is 32.0 Å². The molecule has 0 aromatic rings. The normalized spacial score (nSPS) is 19.8. The zero-order valence-corrected chi connectivity index (χ0v) is 14.0. The summed E-state index contributed by atoms with van der Waals surface area (Å²) in [6, 6.07) is 0.268. The van der Waals surface area contributed by atoms with Gasteiger partial charge < -0.3 is 20.3 Å². The number of likely N-dealkylation sites (tertiary alicyclic amines) is 1. The van der Waals surface area contributed by atoms with E-state index < -0.39 is 0 Å². The predicted octanol–water partition coefficient (Wildman–Crippen LogP) is 0.977. The Bertz CT molecular complexity index is 369. The average Bonchev–Trinajstić information content (AvgIpc) is 2.93. The van der Waals surface area contributed by atoms with Gasteiger partial charge in [0.25, 0.3) is 0 Å². The van der Waals surface area contributed by atoms with Crippen molar-refractivity contribution < 1.29 is 9.53 Å². The summed E-state index contributed by atoms with van der Waals surface area (Å²) in [6.07, 6.45) is 1.53. The molecule has 0 aliphatic carbocycles. The van der Waals surface area contributed by atoms with E-state index in [4.69, 9.17) is 4.74 Å². The molecule has 1 heterocycles. The van der Waals surface area contributed by atoms with Gasteiger partial charge in [-0.25, -0.2) is 0 Å². The van der Waals surface area contributed by atoms with Gasteiger partial charge in [0.15, 0.2) is 5.96 Å². The lowest BCUT2D eigenvalue weighted by molar-refractivity contribution is -0.129. The van der Waals surface area contributed by atoms with Crippen LogP contribution < -0.4 is 10.6 Å². The molecule has 122 valence electrons. The van der Waals surface area contributed by atoms with E-state index in [2.05, 4.69) is 15.6 Å². The van der Waals surface area contributed by atoms with Crippen LogP contribution >= 0.6 is 0 Å². The molecule has 1 fully saturated rings. The maximum atomic E-state index is 11.7. The van der Waals surface area contributed by atoms with Crippen LogP contribution in [-0.4, -0.2) is 61.7 Å². The summed E-state index contributed by atoms with van der Waals surface area (Å²) in [6.45, 7) is 10.9. The van der Waals surface area contributed by atoms with Gasteiger partial charge in [-0.3, -0.25) is 9.79 Å².